The molecule has 0 radical (unpaired) electrons. The van der Waals surface area contributed by atoms with Crippen molar-refractivity contribution < 1.29 is 13.8 Å². The minimum absolute atomic E-state index is 0.169. The van der Waals surface area contributed by atoms with E-state index in [9.17, 15) is 4.79 Å². The van der Waals surface area contributed by atoms with Gasteiger partial charge in [0.15, 0.2) is 13.5 Å². The van der Waals surface area contributed by atoms with E-state index in [1.807, 2.05) is 48.4 Å². The molecular weight excluding hydrogens is 451 g/mol. The number of carbonyl (C=O) groups excluding carboxylic acids is 1. The van der Waals surface area contributed by atoms with E-state index in [4.69, 9.17) is 14.1 Å². The van der Waals surface area contributed by atoms with Crippen LogP contribution in [0.5, 0.6) is 0 Å². The fraction of sp³-hybridized carbons (Fsp3) is 0.476. The highest BCUT2D eigenvalue weighted by Gasteiger charge is 2.27. The van der Waals surface area contributed by atoms with Crippen LogP contribution in [0, 0.1) is 5.92 Å². The highest BCUT2D eigenvalue weighted by atomic mass is 32.2. The molecule has 4 rings (SSSR count). The zero-order chi connectivity index (χ0) is 21.8. The van der Waals surface area contributed by atoms with Crippen LogP contribution in [0.1, 0.15) is 42.9 Å². The standard InChI is InChI=1S/C21H27N4O3PS2/c1-4-27-29(28-5-2)12-15-13-31-21(22-15)23-20(26)19-17-9-8-16(30-3)10-18(17)24-25(19)11-14-6-7-14/h8-10,13-14H,4-7,11-12H2,1-3H3,(H,22,23,26). The zero-order valence-electron chi connectivity index (χ0n) is 18.0. The van der Waals surface area contributed by atoms with Gasteiger partial charge in [0.05, 0.1) is 30.6 Å². The van der Waals surface area contributed by atoms with Gasteiger partial charge in [0.2, 0.25) is 0 Å². The van der Waals surface area contributed by atoms with Crippen molar-refractivity contribution in [3.05, 3.63) is 35.0 Å². The maximum Gasteiger partial charge on any atom is 0.276 e. The molecule has 0 bridgehead atoms. The Balaban J connectivity index is 1.53. The second kappa shape index (κ2) is 10.4. The molecule has 2 heterocycles. The molecule has 0 saturated heterocycles. The van der Waals surface area contributed by atoms with Crippen LogP contribution in [0.3, 0.4) is 0 Å². The summed E-state index contributed by atoms with van der Waals surface area (Å²) in [5.41, 5.74) is 2.34. The van der Waals surface area contributed by atoms with Gasteiger partial charge in [0.25, 0.3) is 5.91 Å². The number of anilines is 1. The van der Waals surface area contributed by atoms with Crippen LogP contribution in [-0.4, -0.2) is 40.1 Å². The number of fused-ring (bicyclic) bond motifs is 1. The Hall–Kier alpha value is -1.51. The van der Waals surface area contributed by atoms with Crippen molar-refractivity contribution in [3.63, 3.8) is 0 Å². The monoisotopic (exact) mass is 478 g/mol. The lowest BCUT2D eigenvalue weighted by Crippen LogP contribution is -2.18. The summed E-state index contributed by atoms with van der Waals surface area (Å²) in [7, 11) is -1.00. The number of carbonyl (C=O) groups is 1. The summed E-state index contributed by atoms with van der Waals surface area (Å²) in [6.45, 7) is 5.91. The first-order valence-electron chi connectivity index (χ1n) is 10.4. The minimum atomic E-state index is -1.00. The third kappa shape index (κ3) is 5.65. The van der Waals surface area contributed by atoms with Gasteiger partial charge in [0, 0.05) is 22.2 Å². The maximum atomic E-state index is 13.2. The highest BCUT2D eigenvalue weighted by Crippen LogP contribution is 2.42. The molecule has 1 amide bonds. The Kier molecular flexibility index (Phi) is 7.61. The number of nitrogens with zero attached hydrogens (tertiary/aromatic N) is 3. The van der Waals surface area contributed by atoms with Crippen LogP contribution < -0.4 is 5.32 Å². The molecule has 0 aliphatic heterocycles. The Bertz CT molecular complexity index is 1040. The smallest absolute Gasteiger partial charge is 0.276 e. The van der Waals surface area contributed by atoms with E-state index in [1.54, 1.807) is 11.8 Å². The van der Waals surface area contributed by atoms with Crippen molar-refractivity contribution >= 4 is 53.4 Å². The normalized spacial score (nSPS) is 13.9. The van der Waals surface area contributed by atoms with Gasteiger partial charge in [-0.2, -0.15) is 5.10 Å². The van der Waals surface area contributed by atoms with Crippen LogP contribution in [0.25, 0.3) is 10.9 Å². The molecule has 1 N–H and O–H groups in total. The lowest BCUT2D eigenvalue weighted by atomic mass is 10.2. The summed E-state index contributed by atoms with van der Waals surface area (Å²) >= 11 is 3.09. The van der Waals surface area contributed by atoms with Crippen LogP contribution in [0.4, 0.5) is 5.13 Å². The average molecular weight is 479 g/mol. The predicted molar refractivity (Wildman–Crippen MR) is 128 cm³/mol. The van der Waals surface area contributed by atoms with E-state index in [0.717, 1.165) is 28.0 Å². The molecule has 2 aromatic heterocycles. The van der Waals surface area contributed by atoms with Crippen LogP contribution in [0.15, 0.2) is 28.5 Å². The van der Waals surface area contributed by atoms with Gasteiger partial charge < -0.3 is 9.05 Å². The topological polar surface area (TPSA) is 78.3 Å². The van der Waals surface area contributed by atoms with Crippen molar-refractivity contribution in [2.75, 3.05) is 24.8 Å². The van der Waals surface area contributed by atoms with Crippen molar-refractivity contribution in [3.8, 4) is 0 Å². The Morgan fingerprint density at radius 1 is 1.32 bits per heavy atom. The van der Waals surface area contributed by atoms with Gasteiger partial charge >= 0.3 is 0 Å². The van der Waals surface area contributed by atoms with Gasteiger partial charge in [-0.3, -0.25) is 14.8 Å². The summed E-state index contributed by atoms with van der Waals surface area (Å²) in [5, 5.41) is 11.1. The summed E-state index contributed by atoms with van der Waals surface area (Å²) < 4.78 is 13.2. The molecule has 166 valence electrons. The number of rotatable bonds is 11. The predicted octanol–water partition coefficient (Wildman–Crippen LogP) is 5.76. The third-order valence-corrected chi connectivity index (χ3v) is 8.11. The summed E-state index contributed by atoms with van der Waals surface area (Å²) in [6.07, 6.45) is 5.06. The minimum Gasteiger partial charge on any atom is -0.334 e. The fourth-order valence-corrected chi connectivity index (χ4v) is 5.82. The van der Waals surface area contributed by atoms with Crippen molar-refractivity contribution in [2.24, 2.45) is 5.92 Å². The molecule has 0 unspecified atom stereocenters. The number of nitrogens with one attached hydrogen (secondary N) is 1. The zero-order valence-corrected chi connectivity index (χ0v) is 20.5. The van der Waals surface area contributed by atoms with Gasteiger partial charge in [-0.15, -0.1) is 23.1 Å². The number of benzene rings is 1. The SMILES string of the molecule is CCOP(Cc1csc(NC(=O)c2c3ccc(SC)cc3nn2CC2CC2)n1)OCC. The largest absolute Gasteiger partial charge is 0.334 e. The molecule has 7 nitrogen and oxygen atoms in total. The molecule has 1 aromatic carbocycles. The van der Waals surface area contributed by atoms with E-state index in [0.29, 0.717) is 36.1 Å². The van der Waals surface area contributed by atoms with Crippen molar-refractivity contribution in [1.29, 1.82) is 0 Å². The molecule has 1 aliphatic carbocycles. The number of thioether (sulfide) groups is 1. The molecule has 3 aromatic rings. The van der Waals surface area contributed by atoms with Crippen molar-refractivity contribution in [2.45, 2.75) is 44.3 Å². The first kappa shape index (κ1) is 22.7. The first-order chi connectivity index (χ1) is 15.1. The van der Waals surface area contributed by atoms with Crippen LogP contribution in [0.2, 0.25) is 0 Å². The summed E-state index contributed by atoms with van der Waals surface area (Å²) in [5.74, 6) is 0.446. The third-order valence-electron chi connectivity index (χ3n) is 4.90. The van der Waals surface area contributed by atoms with E-state index in [1.165, 1.54) is 24.2 Å². The molecule has 1 aliphatic rings. The quantitative estimate of drug-likeness (QED) is 0.279. The molecule has 1 saturated carbocycles. The van der Waals surface area contributed by atoms with Gasteiger partial charge in [-0.25, -0.2) is 4.98 Å². The summed E-state index contributed by atoms with van der Waals surface area (Å²) in [6, 6.07) is 6.08. The molecule has 31 heavy (non-hydrogen) atoms. The molecule has 0 atom stereocenters. The maximum absolute atomic E-state index is 13.2. The molecular formula is C21H27N4O3PS2. The summed E-state index contributed by atoms with van der Waals surface area (Å²) in [4.78, 5) is 19.0. The Morgan fingerprint density at radius 3 is 2.77 bits per heavy atom. The number of amides is 1. The molecule has 1 fully saturated rings. The molecule has 0 spiro atoms. The lowest BCUT2D eigenvalue weighted by molar-refractivity contribution is 0.101. The van der Waals surface area contributed by atoms with E-state index in [-0.39, 0.29) is 5.91 Å². The van der Waals surface area contributed by atoms with Gasteiger partial charge in [-0.1, -0.05) is 0 Å². The fourth-order valence-electron chi connectivity index (χ4n) is 3.30. The van der Waals surface area contributed by atoms with Crippen LogP contribution >= 0.6 is 31.5 Å². The second-order valence-electron chi connectivity index (χ2n) is 7.28. The van der Waals surface area contributed by atoms with E-state index >= 15 is 0 Å². The average Bonchev–Trinajstić information content (AvgIpc) is 3.34. The highest BCUT2D eigenvalue weighted by molar-refractivity contribution is 7.98. The van der Waals surface area contributed by atoms with Gasteiger partial charge in [-0.05, 0) is 57.1 Å². The molecule has 10 heteroatoms. The second-order valence-corrected chi connectivity index (χ2v) is 10.5. The number of aromatic nitrogens is 3. The Labute approximate surface area is 191 Å². The Morgan fingerprint density at radius 2 is 2.10 bits per heavy atom. The van der Waals surface area contributed by atoms with E-state index < -0.39 is 8.38 Å². The number of hydrogen-bond donors (Lipinski definition) is 1. The van der Waals surface area contributed by atoms with Gasteiger partial charge in [0.1, 0.15) is 5.69 Å². The number of hydrogen-bond acceptors (Lipinski definition) is 7. The lowest BCUT2D eigenvalue weighted by Gasteiger charge is -2.14. The number of thiazole rings is 1. The first-order valence-corrected chi connectivity index (χ1v) is 13.9. The van der Waals surface area contributed by atoms with Crippen molar-refractivity contribution in [1.82, 2.24) is 14.8 Å². The van der Waals surface area contributed by atoms with E-state index in [2.05, 4.69) is 10.3 Å². The van der Waals surface area contributed by atoms with Crippen LogP contribution in [-0.2, 0) is 21.8 Å².